The van der Waals surface area contributed by atoms with Crippen LogP contribution in [0.3, 0.4) is 0 Å². The molecule has 2 aromatic rings. The topological polar surface area (TPSA) is 35.6 Å². The first-order chi connectivity index (χ1) is 14.5. The lowest BCUT2D eigenvalue weighted by atomic mass is 10.00. The Morgan fingerprint density at radius 2 is 1.73 bits per heavy atom. The van der Waals surface area contributed by atoms with Crippen LogP contribution in [0, 0.1) is 13.8 Å². The lowest BCUT2D eigenvalue weighted by Crippen LogP contribution is -2.46. The highest BCUT2D eigenvalue weighted by Crippen LogP contribution is 2.24. The van der Waals surface area contributed by atoms with Crippen LogP contribution in [-0.2, 0) is 6.42 Å². The number of aryl methyl sites for hydroxylation is 2. The van der Waals surface area contributed by atoms with Gasteiger partial charge >= 0.3 is 0 Å². The van der Waals surface area contributed by atoms with Crippen molar-refractivity contribution in [2.75, 3.05) is 38.5 Å². The number of nitrogens with one attached hydrogen (secondary N) is 1. The van der Waals surface area contributed by atoms with Gasteiger partial charge in [0.15, 0.2) is 0 Å². The van der Waals surface area contributed by atoms with Gasteiger partial charge in [0.2, 0.25) is 0 Å². The molecule has 1 aliphatic heterocycles. The minimum atomic E-state index is 0.175. The lowest BCUT2D eigenvalue weighted by molar-refractivity contribution is 0.0647. The van der Waals surface area contributed by atoms with Gasteiger partial charge in [0.05, 0.1) is 0 Å². The Labute approximate surface area is 182 Å². The summed E-state index contributed by atoms with van der Waals surface area (Å²) in [5.74, 6) is 0.175. The molecule has 0 radical (unpaired) electrons. The number of carbonyl (C=O) groups excluding carboxylic acids is 1. The molecule has 30 heavy (non-hydrogen) atoms. The minimum absolute atomic E-state index is 0.175. The summed E-state index contributed by atoms with van der Waals surface area (Å²) in [6, 6.07) is 15.3. The van der Waals surface area contributed by atoms with E-state index in [1.165, 1.54) is 11.3 Å². The molecule has 0 spiro atoms. The molecule has 0 atom stereocenters. The number of rotatable bonds is 8. The summed E-state index contributed by atoms with van der Waals surface area (Å²) in [6.45, 7) is 10.1. The molecular weight excluding hydrogens is 370 g/mol. The standard InChI is InChI=1S/C26H37N3O/c1-5-14-27-25-20(2)18-23(19-21(25)3)26(30)29-16-12-24(13-17-29)28(4)15-11-22-9-7-6-8-10-22/h6-10,18-19,24,27H,5,11-17H2,1-4H3. The highest BCUT2D eigenvalue weighted by Gasteiger charge is 2.26. The second kappa shape index (κ2) is 10.6. The van der Waals surface area contributed by atoms with Crippen molar-refractivity contribution in [3.05, 3.63) is 64.7 Å². The third kappa shape index (κ3) is 5.63. The van der Waals surface area contributed by atoms with Gasteiger partial charge in [-0.15, -0.1) is 0 Å². The number of piperidine rings is 1. The van der Waals surface area contributed by atoms with Gasteiger partial charge in [0, 0.05) is 43.5 Å². The van der Waals surface area contributed by atoms with Crippen LogP contribution in [0.4, 0.5) is 5.69 Å². The van der Waals surface area contributed by atoms with Gasteiger partial charge in [-0.3, -0.25) is 4.79 Å². The van der Waals surface area contributed by atoms with E-state index in [9.17, 15) is 4.79 Å². The monoisotopic (exact) mass is 407 g/mol. The maximum atomic E-state index is 13.1. The smallest absolute Gasteiger partial charge is 0.253 e. The summed E-state index contributed by atoms with van der Waals surface area (Å²) in [7, 11) is 2.22. The van der Waals surface area contributed by atoms with Crippen molar-refractivity contribution in [2.24, 2.45) is 0 Å². The molecule has 1 N–H and O–H groups in total. The number of hydrogen-bond acceptors (Lipinski definition) is 3. The number of amides is 1. The molecule has 2 aromatic carbocycles. The van der Waals surface area contributed by atoms with Gasteiger partial charge in [0.25, 0.3) is 5.91 Å². The summed E-state index contributed by atoms with van der Waals surface area (Å²) >= 11 is 0. The molecule has 1 aliphatic rings. The van der Waals surface area contributed by atoms with Crippen LogP contribution in [-0.4, -0.2) is 55.0 Å². The van der Waals surface area contributed by atoms with Crippen molar-refractivity contribution < 1.29 is 4.79 Å². The highest BCUT2D eigenvalue weighted by atomic mass is 16.2. The number of carbonyl (C=O) groups is 1. The van der Waals surface area contributed by atoms with Gasteiger partial charge in [0.1, 0.15) is 0 Å². The van der Waals surface area contributed by atoms with Crippen LogP contribution in [0.2, 0.25) is 0 Å². The summed E-state index contributed by atoms with van der Waals surface area (Å²) in [5.41, 5.74) is 5.69. The Hall–Kier alpha value is -2.33. The molecule has 1 amide bonds. The van der Waals surface area contributed by atoms with E-state index in [1.54, 1.807) is 0 Å². The molecule has 162 valence electrons. The fourth-order valence-corrected chi connectivity index (χ4v) is 4.44. The van der Waals surface area contributed by atoms with Crippen molar-refractivity contribution in [1.29, 1.82) is 0 Å². The summed E-state index contributed by atoms with van der Waals surface area (Å²) in [4.78, 5) is 17.6. The van der Waals surface area contributed by atoms with E-state index in [-0.39, 0.29) is 5.91 Å². The van der Waals surface area contributed by atoms with Crippen LogP contribution in [0.25, 0.3) is 0 Å². The van der Waals surface area contributed by atoms with Crippen molar-refractivity contribution >= 4 is 11.6 Å². The maximum Gasteiger partial charge on any atom is 0.253 e. The number of benzene rings is 2. The molecule has 0 aromatic heterocycles. The molecule has 0 bridgehead atoms. The van der Waals surface area contributed by atoms with Crippen LogP contribution >= 0.6 is 0 Å². The van der Waals surface area contributed by atoms with E-state index in [2.05, 4.69) is 68.4 Å². The average Bonchev–Trinajstić information content (AvgIpc) is 2.77. The fraction of sp³-hybridized carbons (Fsp3) is 0.500. The predicted octanol–water partition coefficient (Wildman–Crippen LogP) is 4.90. The Kier molecular flexibility index (Phi) is 7.92. The first-order valence-electron chi connectivity index (χ1n) is 11.4. The van der Waals surface area contributed by atoms with E-state index in [1.807, 2.05) is 17.0 Å². The summed E-state index contributed by atoms with van der Waals surface area (Å²) in [5, 5.41) is 3.49. The molecule has 0 saturated carbocycles. The molecule has 4 heteroatoms. The van der Waals surface area contributed by atoms with E-state index >= 15 is 0 Å². The molecule has 0 aliphatic carbocycles. The molecule has 1 saturated heterocycles. The minimum Gasteiger partial charge on any atom is -0.385 e. The summed E-state index contributed by atoms with van der Waals surface area (Å²) < 4.78 is 0. The van der Waals surface area contributed by atoms with Gasteiger partial charge < -0.3 is 15.1 Å². The third-order valence-electron chi connectivity index (χ3n) is 6.30. The van der Waals surface area contributed by atoms with Gasteiger partial charge in [-0.1, -0.05) is 37.3 Å². The number of hydrogen-bond donors (Lipinski definition) is 1. The van der Waals surface area contributed by atoms with Crippen LogP contribution in [0.1, 0.15) is 53.2 Å². The fourth-order valence-electron chi connectivity index (χ4n) is 4.44. The van der Waals surface area contributed by atoms with E-state index < -0.39 is 0 Å². The van der Waals surface area contributed by atoms with Gasteiger partial charge in [-0.25, -0.2) is 0 Å². The Morgan fingerprint density at radius 1 is 1.10 bits per heavy atom. The first kappa shape index (κ1) is 22.4. The van der Waals surface area contributed by atoms with Gasteiger partial charge in [-0.05, 0) is 75.4 Å². The van der Waals surface area contributed by atoms with E-state index in [0.717, 1.165) is 68.6 Å². The zero-order chi connectivity index (χ0) is 21.5. The Balaban J connectivity index is 1.53. The van der Waals surface area contributed by atoms with Crippen molar-refractivity contribution in [1.82, 2.24) is 9.80 Å². The van der Waals surface area contributed by atoms with Crippen molar-refractivity contribution in [3.63, 3.8) is 0 Å². The SMILES string of the molecule is CCCNc1c(C)cc(C(=O)N2CCC(N(C)CCc3ccccc3)CC2)cc1C. The molecule has 3 rings (SSSR count). The van der Waals surface area contributed by atoms with Gasteiger partial charge in [-0.2, -0.15) is 0 Å². The normalized spacial score (nSPS) is 14.9. The van der Waals surface area contributed by atoms with Crippen molar-refractivity contribution in [3.8, 4) is 0 Å². The predicted molar refractivity (Wildman–Crippen MR) is 126 cm³/mol. The van der Waals surface area contributed by atoms with Crippen molar-refractivity contribution in [2.45, 2.75) is 52.5 Å². The highest BCUT2D eigenvalue weighted by molar-refractivity contribution is 5.95. The lowest BCUT2D eigenvalue weighted by Gasteiger charge is -2.37. The Morgan fingerprint density at radius 3 is 2.33 bits per heavy atom. The van der Waals surface area contributed by atoms with Crippen LogP contribution < -0.4 is 5.32 Å². The van der Waals surface area contributed by atoms with Crippen LogP contribution in [0.5, 0.6) is 0 Å². The first-order valence-corrected chi connectivity index (χ1v) is 11.4. The number of nitrogens with zero attached hydrogens (tertiary/aromatic N) is 2. The number of likely N-dealkylation sites (tertiary alicyclic amines) is 1. The molecule has 4 nitrogen and oxygen atoms in total. The molecule has 1 heterocycles. The molecule has 0 unspecified atom stereocenters. The maximum absolute atomic E-state index is 13.1. The summed E-state index contributed by atoms with van der Waals surface area (Å²) in [6.07, 6.45) is 4.26. The quantitative estimate of drug-likeness (QED) is 0.676. The van der Waals surface area contributed by atoms with E-state index in [0.29, 0.717) is 6.04 Å². The second-order valence-electron chi connectivity index (χ2n) is 8.65. The Bertz CT molecular complexity index is 802. The average molecular weight is 408 g/mol. The van der Waals surface area contributed by atoms with Crippen LogP contribution in [0.15, 0.2) is 42.5 Å². The number of likely N-dealkylation sites (N-methyl/N-ethyl adjacent to an activating group) is 1. The third-order valence-corrected chi connectivity index (χ3v) is 6.30. The second-order valence-corrected chi connectivity index (χ2v) is 8.65. The van der Waals surface area contributed by atoms with E-state index in [4.69, 9.17) is 0 Å². The zero-order valence-corrected chi connectivity index (χ0v) is 19.1. The largest absolute Gasteiger partial charge is 0.385 e. The number of anilines is 1. The molecule has 1 fully saturated rings. The molecular formula is C26H37N3O. The zero-order valence-electron chi connectivity index (χ0n) is 19.1.